The third-order valence-electron chi connectivity index (χ3n) is 2.83. The van der Waals surface area contributed by atoms with E-state index in [0.29, 0.717) is 4.34 Å². The summed E-state index contributed by atoms with van der Waals surface area (Å²) >= 11 is 7.13. The van der Waals surface area contributed by atoms with E-state index in [2.05, 4.69) is 12.2 Å². The fourth-order valence-electron chi connectivity index (χ4n) is 1.62. The van der Waals surface area contributed by atoms with Crippen LogP contribution in [-0.4, -0.2) is 17.6 Å². The van der Waals surface area contributed by atoms with E-state index in [4.69, 9.17) is 11.6 Å². The lowest BCUT2D eigenvalue weighted by Crippen LogP contribution is -2.32. The molecule has 2 atom stereocenters. The van der Waals surface area contributed by atoms with E-state index < -0.39 is 6.10 Å². The molecule has 2 N–H and O–H groups in total. The number of nitrogens with one attached hydrogen (secondary N) is 1. The van der Waals surface area contributed by atoms with Crippen molar-refractivity contribution in [2.24, 2.45) is 5.92 Å². The van der Waals surface area contributed by atoms with E-state index in [0.717, 1.165) is 24.1 Å². The summed E-state index contributed by atoms with van der Waals surface area (Å²) in [5, 5.41) is 12.7. The van der Waals surface area contributed by atoms with Crippen LogP contribution in [0.3, 0.4) is 0 Å². The van der Waals surface area contributed by atoms with Crippen LogP contribution in [0.4, 0.5) is 0 Å². The third-order valence-corrected chi connectivity index (χ3v) is 4.16. The number of unbranched alkanes of at least 4 members (excludes halogenated alkanes) is 1. The minimum absolute atomic E-state index is 0.00377. The second kappa shape index (κ2) is 7.77. The Bertz CT molecular complexity index is 381. The van der Waals surface area contributed by atoms with Crippen molar-refractivity contribution in [1.82, 2.24) is 5.32 Å². The van der Waals surface area contributed by atoms with E-state index in [1.165, 1.54) is 11.3 Å². The van der Waals surface area contributed by atoms with Gasteiger partial charge in [-0.2, -0.15) is 0 Å². The van der Waals surface area contributed by atoms with Crippen LogP contribution >= 0.6 is 22.9 Å². The van der Waals surface area contributed by atoms with Crippen molar-refractivity contribution in [2.75, 3.05) is 6.54 Å². The summed E-state index contributed by atoms with van der Waals surface area (Å²) in [5.74, 6) is 0.00854. The van der Waals surface area contributed by atoms with E-state index in [9.17, 15) is 9.90 Å². The molecule has 1 rings (SSSR count). The molecular weight excluding hydrogens is 270 g/mol. The maximum atomic E-state index is 11.7. The first kappa shape index (κ1) is 15.5. The predicted molar refractivity (Wildman–Crippen MR) is 76.0 cm³/mol. The van der Waals surface area contributed by atoms with Gasteiger partial charge in [0.15, 0.2) is 0 Å². The number of carbonyl (C=O) groups excluding carboxylic acids is 1. The first-order chi connectivity index (χ1) is 8.54. The number of amides is 1. The first-order valence-electron chi connectivity index (χ1n) is 6.25. The molecule has 0 aromatic carbocycles. The molecule has 0 aliphatic heterocycles. The summed E-state index contributed by atoms with van der Waals surface area (Å²) in [6.07, 6.45) is 2.36. The Kier molecular flexibility index (Phi) is 6.68. The highest BCUT2D eigenvalue weighted by molar-refractivity contribution is 7.16. The predicted octanol–water partition coefficient (Wildman–Crippen LogP) is 3.38. The van der Waals surface area contributed by atoms with E-state index in [1.54, 1.807) is 12.1 Å². The average Bonchev–Trinajstić information content (AvgIpc) is 2.79. The topological polar surface area (TPSA) is 49.3 Å². The smallest absolute Gasteiger partial charge is 0.222 e. The van der Waals surface area contributed by atoms with Gasteiger partial charge in [-0.05, 0) is 18.6 Å². The Hall–Kier alpha value is -0.580. The van der Waals surface area contributed by atoms with Gasteiger partial charge in [0.2, 0.25) is 5.91 Å². The van der Waals surface area contributed by atoms with Crippen LogP contribution in [0.5, 0.6) is 0 Å². The first-order valence-corrected chi connectivity index (χ1v) is 7.45. The van der Waals surface area contributed by atoms with Gasteiger partial charge in [-0.25, -0.2) is 0 Å². The molecule has 1 amide bonds. The molecule has 1 aromatic rings. The Labute approximate surface area is 117 Å². The molecule has 0 aliphatic carbocycles. The summed E-state index contributed by atoms with van der Waals surface area (Å²) < 4.78 is 0.645. The summed E-state index contributed by atoms with van der Waals surface area (Å²) in [6.45, 7) is 4.26. The summed E-state index contributed by atoms with van der Waals surface area (Å²) in [4.78, 5) is 12.5. The van der Waals surface area contributed by atoms with Crippen molar-refractivity contribution in [3.8, 4) is 0 Å². The van der Waals surface area contributed by atoms with Crippen LogP contribution in [0.2, 0.25) is 4.34 Å². The van der Waals surface area contributed by atoms with Gasteiger partial charge in [-0.3, -0.25) is 4.79 Å². The van der Waals surface area contributed by atoms with Crippen LogP contribution in [-0.2, 0) is 4.79 Å². The van der Waals surface area contributed by atoms with Gasteiger partial charge in [-0.15, -0.1) is 11.3 Å². The fraction of sp³-hybridized carbons (Fsp3) is 0.615. The highest BCUT2D eigenvalue weighted by atomic mass is 35.5. The zero-order valence-corrected chi connectivity index (χ0v) is 12.4. The molecular formula is C13H20ClNO2S. The number of thiophene rings is 1. The average molecular weight is 290 g/mol. The van der Waals surface area contributed by atoms with Crippen molar-refractivity contribution >= 4 is 28.8 Å². The normalized spacial score (nSPS) is 14.2. The van der Waals surface area contributed by atoms with Gasteiger partial charge < -0.3 is 10.4 Å². The number of aliphatic hydroxyl groups is 1. The van der Waals surface area contributed by atoms with Gasteiger partial charge in [-0.1, -0.05) is 38.3 Å². The van der Waals surface area contributed by atoms with Gasteiger partial charge in [0.25, 0.3) is 0 Å². The molecule has 0 saturated heterocycles. The molecule has 2 unspecified atom stereocenters. The molecule has 1 aromatic heterocycles. The molecule has 3 nitrogen and oxygen atoms in total. The Balaban J connectivity index is 2.33. The lowest BCUT2D eigenvalue weighted by molar-refractivity contribution is -0.125. The molecule has 0 spiro atoms. The van der Waals surface area contributed by atoms with E-state index >= 15 is 0 Å². The van der Waals surface area contributed by atoms with Crippen LogP contribution in [0.25, 0.3) is 0 Å². The Morgan fingerprint density at radius 1 is 1.56 bits per heavy atom. The van der Waals surface area contributed by atoms with Gasteiger partial charge in [0, 0.05) is 17.3 Å². The summed E-state index contributed by atoms with van der Waals surface area (Å²) in [7, 11) is 0. The van der Waals surface area contributed by atoms with Crippen molar-refractivity contribution in [2.45, 2.75) is 39.2 Å². The van der Waals surface area contributed by atoms with Crippen molar-refractivity contribution in [3.05, 3.63) is 21.3 Å². The number of rotatable bonds is 7. The van der Waals surface area contributed by atoms with Crippen molar-refractivity contribution < 1.29 is 9.90 Å². The number of hydrogen-bond donors (Lipinski definition) is 2. The largest absolute Gasteiger partial charge is 0.386 e. The molecule has 1 heterocycles. The van der Waals surface area contributed by atoms with Crippen molar-refractivity contribution in [3.63, 3.8) is 0 Å². The Morgan fingerprint density at radius 3 is 2.83 bits per heavy atom. The number of carbonyl (C=O) groups is 1. The van der Waals surface area contributed by atoms with Crippen LogP contribution in [0.15, 0.2) is 12.1 Å². The maximum Gasteiger partial charge on any atom is 0.222 e. The van der Waals surface area contributed by atoms with E-state index in [-0.39, 0.29) is 18.4 Å². The minimum atomic E-state index is -0.676. The lowest BCUT2D eigenvalue weighted by Gasteiger charge is -2.14. The molecule has 0 saturated carbocycles. The molecule has 0 bridgehead atoms. The molecule has 18 heavy (non-hydrogen) atoms. The standard InChI is InChI=1S/C13H20ClNO2S/c1-3-4-5-9(2)13(17)15-8-10(16)11-6-7-12(14)18-11/h6-7,9-10,16H,3-5,8H2,1-2H3,(H,15,17). The van der Waals surface area contributed by atoms with Crippen LogP contribution in [0, 0.1) is 5.92 Å². The summed E-state index contributed by atoms with van der Waals surface area (Å²) in [5.41, 5.74) is 0. The van der Waals surface area contributed by atoms with Crippen molar-refractivity contribution in [1.29, 1.82) is 0 Å². The highest BCUT2D eigenvalue weighted by Crippen LogP contribution is 2.26. The molecule has 5 heteroatoms. The monoisotopic (exact) mass is 289 g/mol. The maximum absolute atomic E-state index is 11.7. The van der Waals surface area contributed by atoms with Gasteiger partial charge >= 0.3 is 0 Å². The molecule has 102 valence electrons. The second-order valence-corrected chi connectivity index (χ2v) is 6.19. The quantitative estimate of drug-likeness (QED) is 0.808. The number of hydrogen-bond acceptors (Lipinski definition) is 3. The highest BCUT2D eigenvalue weighted by Gasteiger charge is 2.15. The number of halogens is 1. The lowest BCUT2D eigenvalue weighted by atomic mass is 10.0. The SMILES string of the molecule is CCCCC(C)C(=O)NCC(O)c1ccc(Cl)s1. The third kappa shape index (κ3) is 4.96. The second-order valence-electron chi connectivity index (χ2n) is 4.45. The molecule has 0 aliphatic rings. The number of aliphatic hydroxyl groups excluding tert-OH is 1. The molecule has 0 radical (unpaired) electrons. The van der Waals surface area contributed by atoms with Crippen LogP contribution < -0.4 is 5.32 Å². The zero-order chi connectivity index (χ0) is 13.5. The van der Waals surface area contributed by atoms with Crippen LogP contribution in [0.1, 0.15) is 44.1 Å². The Morgan fingerprint density at radius 2 is 2.28 bits per heavy atom. The summed E-state index contributed by atoms with van der Waals surface area (Å²) in [6, 6.07) is 3.53. The zero-order valence-electron chi connectivity index (χ0n) is 10.8. The van der Waals surface area contributed by atoms with Gasteiger partial charge in [0.05, 0.1) is 4.34 Å². The van der Waals surface area contributed by atoms with E-state index in [1.807, 2.05) is 6.92 Å². The minimum Gasteiger partial charge on any atom is -0.386 e. The fourth-order valence-corrected chi connectivity index (χ4v) is 2.67. The van der Waals surface area contributed by atoms with Gasteiger partial charge in [0.1, 0.15) is 6.10 Å². The molecule has 0 fully saturated rings.